The highest BCUT2D eigenvalue weighted by atomic mass is 79.9. The summed E-state index contributed by atoms with van der Waals surface area (Å²) in [6.45, 7) is 0. The lowest BCUT2D eigenvalue weighted by molar-refractivity contribution is -0.386. The van der Waals surface area contributed by atoms with Crippen LogP contribution in [0.25, 0.3) is 0 Å². The predicted octanol–water partition coefficient (Wildman–Crippen LogP) is 2.39. The molecule has 0 atom stereocenters. The van der Waals surface area contributed by atoms with E-state index in [0.717, 1.165) is 0 Å². The van der Waals surface area contributed by atoms with Crippen molar-refractivity contribution < 1.29 is 23.6 Å². The van der Waals surface area contributed by atoms with Crippen molar-refractivity contribution in [1.29, 1.82) is 0 Å². The average molecular weight is 297 g/mol. The van der Waals surface area contributed by atoms with E-state index in [1.54, 1.807) is 0 Å². The largest absolute Gasteiger partial charge is 0.476 e. The molecule has 0 radical (unpaired) electrons. The van der Waals surface area contributed by atoms with Crippen molar-refractivity contribution in [2.24, 2.45) is 0 Å². The molecule has 1 aromatic rings. The van der Waals surface area contributed by atoms with Crippen molar-refractivity contribution in [3.05, 3.63) is 32.0 Å². The number of aromatic nitrogens is 1. The van der Waals surface area contributed by atoms with Crippen LogP contribution in [0.3, 0.4) is 0 Å². The Morgan fingerprint density at radius 3 is 2.56 bits per heavy atom. The summed E-state index contributed by atoms with van der Waals surface area (Å²) in [5.74, 6) is -1.66. The topological polar surface area (TPSA) is 93.3 Å². The number of hydrogen-bond donors (Lipinski definition) is 1. The van der Waals surface area contributed by atoms with Crippen molar-refractivity contribution >= 4 is 27.6 Å². The molecule has 86 valence electrons. The summed E-state index contributed by atoms with van der Waals surface area (Å²) < 4.78 is 24.2. The monoisotopic (exact) mass is 296 g/mol. The summed E-state index contributed by atoms with van der Waals surface area (Å²) in [6.07, 6.45) is -2.39. The van der Waals surface area contributed by atoms with Gasteiger partial charge in [0.05, 0.1) is 10.5 Å². The molecule has 0 aromatic carbocycles. The summed E-state index contributed by atoms with van der Waals surface area (Å²) >= 11 is 2.58. The Morgan fingerprint density at radius 1 is 1.62 bits per heavy atom. The molecule has 0 aliphatic heterocycles. The third kappa shape index (κ3) is 2.13. The molecule has 0 aliphatic carbocycles. The molecule has 0 saturated heterocycles. The molecule has 1 heterocycles. The lowest BCUT2D eigenvalue weighted by Gasteiger charge is -2.04. The van der Waals surface area contributed by atoms with Gasteiger partial charge in [0, 0.05) is 6.20 Å². The second-order valence-corrected chi connectivity index (χ2v) is 3.38. The van der Waals surface area contributed by atoms with Crippen molar-refractivity contribution in [2.45, 2.75) is 6.43 Å². The first-order valence-corrected chi connectivity index (χ1v) is 4.49. The molecule has 9 heteroatoms. The van der Waals surface area contributed by atoms with Gasteiger partial charge in [-0.1, -0.05) is 0 Å². The molecule has 0 fully saturated rings. The SMILES string of the molecule is O=C(O)c1ncc(C(F)F)c(Br)c1[N+](=O)[O-]. The van der Waals surface area contributed by atoms with Crippen LogP contribution in [0, 0.1) is 10.1 Å². The lowest BCUT2D eigenvalue weighted by atomic mass is 10.2. The maximum atomic E-state index is 12.4. The number of alkyl halides is 2. The Labute approximate surface area is 95.2 Å². The van der Waals surface area contributed by atoms with Crippen LogP contribution in [-0.2, 0) is 0 Å². The third-order valence-electron chi connectivity index (χ3n) is 1.64. The summed E-state index contributed by atoms with van der Waals surface area (Å²) in [6, 6.07) is 0. The zero-order valence-electron chi connectivity index (χ0n) is 7.35. The van der Waals surface area contributed by atoms with Crippen molar-refractivity contribution in [2.75, 3.05) is 0 Å². The molecule has 16 heavy (non-hydrogen) atoms. The number of carboxylic acids is 1. The average Bonchev–Trinajstić information content (AvgIpc) is 2.15. The third-order valence-corrected chi connectivity index (χ3v) is 2.47. The molecule has 0 aliphatic rings. The first kappa shape index (κ1) is 12.4. The van der Waals surface area contributed by atoms with Crippen molar-refractivity contribution in [1.82, 2.24) is 4.98 Å². The molecule has 0 saturated carbocycles. The minimum absolute atomic E-state index is 0.570. The number of nitro groups is 1. The van der Waals surface area contributed by atoms with E-state index in [1.165, 1.54) is 0 Å². The normalized spacial score (nSPS) is 10.5. The van der Waals surface area contributed by atoms with E-state index in [4.69, 9.17) is 5.11 Å². The first-order valence-electron chi connectivity index (χ1n) is 3.70. The summed E-state index contributed by atoms with van der Waals surface area (Å²) in [5, 5.41) is 19.1. The van der Waals surface area contributed by atoms with E-state index in [1.807, 2.05) is 0 Å². The van der Waals surface area contributed by atoms with Gasteiger partial charge in [0.1, 0.15) is 4.47 Å². The molecule has 0 amide bonds. The van der Waals surface area contributed by atoms with Crippen LogP contribution in [0.1, 0.15) is 22.5 Å². The Kier molecular flexibility index (Phi) is 3.48. The van der Waals surface area contributed by atoms with Gasteiger partial charge >= 0.3 is 11.7 Å². The minimum Gasteiger partial charge on any atom is -0.476 e. The zero-order chi connectivity index (χ0) is 12.5. The Morgan fingerprint density at radius 2 is 2.19 bits per heavy atom. The van der Waals surface area contributed by atoms with Gasteiger partial charge < -0.3 is 5.11 Å². The molecule has 0 unspecified atom stereocenters. The predicted molar refractivity (Wildman–Crippen MR) is 50.5 cm³/mol. The number of pyridine rings is 1. The summed E-state index contributed by atoms with van der Waals surface area (Å²) in [4.78, 5) is 23.2. The van der Waals surface area contributed by atoms with E-state index >= 15 is 0 Å². The number of halogens is 3. The molecule has 1 N–H and O–H groups in total. The maximum Gasteiger partial charge on any atom is 0.361 e. The second kappa shape index (κ2) is 4.47. The highest BCUT2D eigenvalue weighted by molar-refractivity contribution is 9.10. The molecule has 0 bridgehead atoms. The van der Waals surface area contributed by atoms with Gasteiger partial charge in [-0.05, 0) is 15.9 Å². The van der Waals surface area contributed by atoms with E-state index in [2.05, 4.69) is 20.9 Å². The smallest absolute Gasteiger partial charge is 0.361 e. The van der Waals surface area contributed by atoms with E-state index in [9.17, 15) is 23.7 Å². The fraction of sp³-hybridized carbons (Fsp3) is 0.143. The Bertz CT molecular complexity index is 466. The summed E-state index contributed by atoms with van der Waals surface area (Å²) in [5.41, 5.74) is -2.59. The van der Waals surface area contributed by atoms with Crippen LogP contribution in [0.4, 0.5) is 14.5 Å². The van der Waals surface area contributed by atoms with Gasteiger partial charge in [0.2, 0.25) is 5.69 Å². The van der Waals surface area contributed by atoms with E-state index in [0.29, 0.717) is 6.20 Å². The van der Waals surface area contributed by atoms with Crippen molar-refractivity contribution in [3.63, 3.8) is 0 Å². The number of aromatic carboxylic acids is 1. The molecular formula is C7H3BrF2N2O4. The molecule has 6 nitrogen and oxygen atoms in total. The lowest BCUT2D eigenvalue weighted by Crippen LogP contribution is -2.08. The van der Waals surface area contributed by atoms with E-state index < -0.39 is 38.7 Å². The number of nitrogens with zero attached hydrogens (tertiary/aromatic N) is 2. The number of rotatable bonds is 3. The van der Waals surface area contributed by atoms with Crippen LogP contribution >= 0.6 is 15.9 Å². The highest BCUT2D eigenvalue weighted by Crippen LogP contribution is 2.35. The van der Waals surface area contributed by atoms with E-state index in [-0.39, 0.29) is 0 Å². The fourth-order valence-electron chi connectivity index (χ4n) is 0.968. The van der Waals surface area contributed by atoms with Gasteiger partial charge in [-0.15, -0.1) is 0 Å². The van der Waals surface area contributed by atoms with Gasteiger partial charge in [0.15, 0.2) is 0 Å². The molecule has 1 rings (SSSR count). The van der Waals surface area contributed by atoms with Gasteiger partial charge in [-0.25, -0.2) is 18.6 Å². The van der Waals surface area contributed by atoms with Gasteiger partial charge in [-0.3, -0.25) is 10.1 Å². The van der Waals surface area contributed by atoms with Crippen LogP contribution in [0.2, 0.25) is 0 Å². The molecule has 1 aromatic heterocycles. The Hall–Kier alpha value is -1.64. The van der Waals surface area contributed by atoms with Crippen LogP contribution in [-0.4, -0.2) is 21.0 Å². The van der Waals surface area contributed by atoms with Gasteiger partial charge in [0.25, 0.3) is 6.43 Å². The maximum absolute atomic E-state index is 12.4. The van der Waals surface area contributed by atoms with Crippen LogP contribution in [0.5, 0.6) is 0 Å². The highest BCUT2D eigenvalue weighted by Gasteiger charge is 2.29. The molecule has 0 spiro atoms. The Balaban J connectivity index is 3.54. The minimum atomic E-state index is -2.98. The number of carboxylic acid groups (broad SMARTS) is 1. The number of carbonyl (C=O) groups is 1. The van der Waals surface area contributed by atoms with Crippen LogP contribution < -0.4 is 0 Å². The van der Waals surface area contributed by atoms with Crippen LogP contribution in [0.15, 0.2) is 10.7 Å². The first-order chi connectivity index (χ1) is 7.36. The molecular weight excluding hydrogens is 294 g/mol. The number of hydrogen-bond acceptors (Lipinski definition) is 4. The quantitative estimate of drug-likeness (QED) is 0.683. The summed E-state index contributed by atoms with van der Waals surface area (Å²) in [7, 11) is 0. The second-order valence-electron chi connectivity index (χ2n) is 2.59. The standard InChI is InChI=1S/C7H3BrF2N2O4/c8-3-2(6(9)10)1-11-4(7(13)14)5(3)12(15)16/h1,6H,(H,13,14). The zero-order valence-corrected chi connectivity index (χ0v) is 8.94. The fourth-order valence-corrected chi connectivity index (χ4v) is 1.58. The van der Waals surface area contributed by atoms with Crippen molar-refractivity contribution in [3.8, 4) is 0 Å². The van der Waals surface area contributed by atoms with Gasteiger partial charge in [-0.2, -0.15) is 0 Å².